The van der Waals surface area contributed by atoms with Crippen LogP contribution in [0.3, 0.4) is 0 Å². The molecule has 0 saturated carbocycles. The standard InChI is InChI=1S/C27H18F2N2O6/c28-9-1-3-13-11(5-9)18-20-15(33)7-16(34)21(20)19-12-6-10(29)2-4-14(12)31(23(19)22(18)30-13)27-24(35)26-25(37-26)17(8-32)36-27/h1-6,17,24-27,30,32,35H,7-8H2/t17-,24-,25-,26+,27?/m1/s1. The summed E-state index contributed by atoms with van der Waals surface area (Å²) in [6.45, 7) is -0.334. The Hall–Kier alpha value is -3.70. The van der Waals surface area contributed by atoms with Crippen molar-refractivity contribution in [2.24, 2.45) is 0 Å². The van der Waals surface area contributed by atoms with Gasteiger partial charge in [-0.25, -0.2) is 8.78 Å². The van der Waals surface area contributed by atoms with Crippen molar-refractivity contribution in [2.45, 2.75) is 37.1 Å². The van der Waals surface area contributed by atoms with Crippen LogP contribution in [-0.4, -0.2) is 62.4 Å². The van der Waals surface area contributed by atoms with E-state index >= 15 is 0 Å². The molecule has 3 N–H and O–H groups in total. The van der Waals surface area contributed by atoms with Gasteiger partial charge in [0.05, 0.1) is 29.6 Å². The number of rotatable bonds is 2. The second-order valence-corrected chi connectivity index (χ2v) is 9.90. The van der Waals surface area contributed by atoms with Gasteiger partial charge in [0.15, 0.2) is 17.8 Å². The number of carbonyl (C=O) groups excluding carboxylic acids is 2. The molecule has 1 aliphatic carbocycles. The quantitative estimate of drug-likeness (QED) is 0.250. The molecule has 8 nitrogen and oxygen atoms in total. The van der Waals surface area contributed by atoms with E-state index in [0.717, 1.165) is 0 Å². The summed E-state index contributed by atoms with van der Waals surface area (Å²) < 4.78 is 42.3. The molecule has 0 spiro atoms. The fourth-order valence-electron chi connectivity index (χ4n) is 6.35. The van der Waals surface area contributed by atoms with Crippen molar-refractivity contribution in [1.29, 1.82) is 0 Å². The van der Waals surface area contributed by atoms with E-state index in [1.54, 1.807) is 10.6 Å². The molecule has 1 unspecified atom stereocenters. The minimum absolute atomic E-state index is 0.150. The van der Waals surface area contributed by atoms with Crippen molar-refractivity contribution in [3.63, 3.8) is 0 Å². The fraction of sp³-hybridized carbons (Fsp3) is 0.259. The van der Waals surface area contributed by atoms with Gasteiger partial charge in [-0.2, -0.15) is 0 Å². The lowest BCUT2D eigenvalue weighted by atomic mass is 9.96. The maximum absolute atomic E-state index is 14.6. The van der Waals surface area contributed by atoms with Gasteiger partial charge < -0.3 is 29.2 Å². The Bertz CT molecular complexity index is 1870. The number of nitrogens with zero attached hydrogens (tertiary/aromatic N) is 1. The van der Waals surface area contributed by atoms with Gasteiger partial charge >= 0.3 is 0 Å². The number of fused-ring (bicyclic) bond motifs is 11. The van der Waals surface area contributed by atoms with Crippen molar-refractivity contribution in [3.05, 3.63) is 59.2 Å². The number of halogens is 2. The molecular formula is C27H18F2N2O6. The third-order valence-electron chi connectivity index (χ3n) is 7.90. The second kappa shape index (κ2) is 6.99. The number of ketones is 2. The minimum atomic E-state index is -1.13. The molecule has 0 radical (unpaired) electrons. The van der Waals surface area contributed by atoms with E-state index in [0.29, 0.717) is 43.6 Å². The van der Waals surface area contributed by atoms with Crippen molar-refractivity contribution >= 4 is 55.2 Å². The van der Waals surface area contributed by atoms with Gasteiger partial charge in [-0.05, 0) is 36.4 Å². The van der Waals surface area contributed by atoms with E-state index in [4.69, 9.17) is 9.47 Å². The number of aromatic amines is 1. The predicted octanol–water partition coefficient (Wildman–Crippen LogP) is 3.49. The summed E-state index contributed by atoms with van der Waals surface area (Å²) in [5.74, 6) is -1.85. The largest absolute Gasteiger partial charge is 0.394 e. The molecule has 10 heteroatoms. The number of H-pyrrole nitrogens is 1. The van der Waals surface area contributed by atoms with Crippen LogP contribution in [0.1, 0.15) is 33.4 Å². The first kappa shape index (κ1) is 21.4. The van der Waals surface area contributed by atoms with Crippen LogP contribution >= 0.6 is 0 Å². The van der Waals surface area contributed by atoms with Crippen molar-refractivity contribution in [1.82, 2.24) is 9.55 Å². The first-order valence-corrected chi connectivity index (χ1v) is 11.9. The van der Waals surface area contributed by atoms with E-state index in [1.165, 1.54) is 30.3 Å². The lowest BCUT2D eigenvalue weighted by Crippen LogP contribution is -2.43. The zero-order chi connectivity index (χ0) is 25.3. The third kappa shape index (κ3) is 2.62. The number of hydrogen-bond acceptors (Lipinski definition) is 6. The van der Waals surface area contributed by atoms with E-state index in [-0.39, 0.29) is 24.2 Å². The summed E-state index contributed by atoms with van der Waals surface area (Å²) in [7, 11) is 0. The molecule has 5 aromatic rings. The van der Waals surface area contributed by atoms with E-state index in [2.05, 4.69) is 4.98 Å². The highest BCUT2D eigenvalue weighted by molar-refractivity contribution is 6.40. The zero-order valence-electron chi connectivity index (χ0n) is 19.0. The summed E-state index contributed by atoms with van der Waals surface area (Å²) in [4.78, 5) is 29.7. The first-order valence-electron chi connectivity index (χ1n) is 11.9. The Morgan fingerprint density at radius 2 is 1.65 bits per heavy atom. The maximum Gasteiger partial charge on any atom is 0.172 e. The number of nitrogens with one attached hydrogen (secondary N) is 1. The highest BCUT2D eigenvalue weighted by Gasteiger charge is 2.58. The van der Waals surface area contributed by atoms with E-state index < -0.39 is 53.8 Å². The summed E-state index contributed by atoms with van der Waals surface area (Å²) in [5, 5.41) is 22.6. The van der Waals surface area contributed by atoms with Crippen LogP contribution in [0.15, 0.2) is 36.4 Å². The number of epoxide rings is 1. The molecule has 2 aliphatic heterocycles. The Morgan fingerprint density at radius 1 is 0.946 bits per heavy atom. The van der Waals surface area contributed by atoms with E-state index in [9.17, 15) is 28.6 Å². The van der Waals surface area contributed by atoms with Gasteiger partial charge in [0.2, 0.25) is 0 Å². The number of aliphatic hydroxyl groups is 2. The van der Waals surface area contributed by atoms with E-state index in [1.807, 2.05) is 0 Å². The lowest BCUT2D eigenvalue weighted by Gasteiger charge is -2.32. The number of carbonyl (C=O) groups is 2. The van der Waals surface area contributed by atoms with Crippen LogP contribution < -0.4 is 0 Å². The number of Topliss-reactive ketones (excluding diaryl/α,β-unsaturated/α-hetero) is 2. The molecule has 3 aliphatic rings. The molecular weight excluding hydrogens is 486 g/mol. The molecule has 2 saturated heterocycles. The molecule has 3 aromatic carbocycles. The van der Waals surface area contributed by atoms with Gasteiger partial charge in [-0.3, -0.25) is 9.59 Å². The van der Waals surface area contributed by atoms with Gasteiger partial charge in [0.1, 0.15) is 36.1 Å². The Balaban J connectivity index is 1.60. The van der Waals surface area contributed by atoms with Crippen LogP contribution in [0.4, 0.5) is 8.78 Å². The van der Waals surface area contributed by atoms with Crippen LogP contribution in [0, 0.1) is 11.6 Å². The van der Waals surface area contributed by atoms with Crippen LogP contribution in [-0.2, 0) is 9.47 Å². The molecule has 37 heavy (non-hydrogen) atoms. The Labute approximate surface area is 206 Å². The summed E-state index contributed by atoms with van der Waals surface area (Å²) in [6.07, 6.45) is -4.23. The SMILES string of the molecule is O=C1CC(=O)c2c1c1c3cc(F)ccc3[nH]c1c1c2c2cc(F)ccc2n1C1O[C@H](CO)[C@H]2O[C@H]2[C@H]1O. The van der Waals surface area contributed by atoms with Gasteiger partial charge in [0.25, 0.3) is 0 Å². The molecule has 186 valence electrons. The number of aliphatic hydroxyl groups excluding tert-OH is 2. The average Bonchev–Trinajstić information content (AvgIpc) is 3.40. The first-order chi connectivity index (χ1) is 17.9. The molecule has 0 bridgehead atoms. The Kier molecular flexibility index (Phi) is 4.04. The second-order valence-electron chi connectivity index (χ2n) is 9.90. The van der Waals surface area contributed by atoms with Crippen LogP contribution in [0.2, 0.25) is 0 Å². The van der Waals surface area contributed by atoms with Crippen molar-refractivity contribution < 1.29 is 38.1 Å². The molecule has 8 rings (SSSR count). The molecule has 0 amide bonds. The maximum atomic E-state index is 14.6. The molecule has 2 aromatic heterocycles. The molecule has 5 atom stereocenters. The Morgan fingerprint density at radius 3 is 2.41 bits per heavy atom. The normalized spacial score (nSPS) is 27.1. The molecule has 4 heterocycles. The van der Waals surface area contributed by atoms with Gasteiger partial charge in [-0.15, -0.1) is 0 Å². The topological polar surface area (TPSA) is 117 Å². The number of ether oxygens (including phenoxy) is 2. The van der Waals surface area contributed by atoms with Crippen molar-refractivity contribution in [2.75, 3.05) is 6.61 Å². The minimum Gasteiger partial charge on any atom is -0.394 e. The highest BCUT2D eigenvalue weighted by atomic mass is 19.1. The predicted molar refractivity (Wildman–Crippen MR) is 128 cm³/mol. The van der Waals surface area contributed by atoms with Crippen molar-refractivity contribution in [3.8, 4) is 0 Å². The van der Waals surface area contributed by atoms with Crippen LogP contribution in [0.5, 0.6) is 0 Å². The smallest absolute Gasteiger partial charge is 0.172 e. The average molecular weight is 504 g/mol. The third-order valence-corrected chi connectivity index (χ3v) is 7.90. The summed E-state index contributed by atoms with van der Waals surface area (Å²) in [6, 6.07) is 8.21. The fourth-order valence-corrected chi connectivity index (χ4v) is 6.35. The molecule has 2 fully saturated rings. The zero-order valence-corrected chi connectivity index (χ0v) is 19.0. The summed E-state index contributed by atoms with van der Waals surface area (Å²) in [5.41, 5.74) is 2.18. The number of benzene rings is 3. The monoisotopic (exact) mass is 504 g/mol. The number of aromatic nitrogens is 2. The number of hydrogen-bond donors (Lipinski definition) is 3. The van der Waals surface area contributed by atoms with Crippen LogP contribution in [0.25, 0.3) is 43.6 Å². The van der Waals surface area contributed by atoms with Gasteiger partial charge in [-0.1, -0.05) is 0 Å². The summed E-state index contributed by atoms with van der Waals surface area (Å²) >= 11 is 0. The highest BCUT2D eigenvalue weighted by Crippen LogP contribution is 2.49. The lowest BCUT2D eigenvalue weighted by molar-refractivity contribution is -0.145. The van der Waals surface area contributed by atoms with Gasteiger partial charge in [0, 0.05) is 38.2 Å².